The van der Waals surface area contributed by atoms with E-state index >= 15 is 0 Å². The number of rotatable bonds is 3. The van der Waals surface area contributed by atoms with E-state index in [4.69, 9.17) is 5.73 Å². The predicted molar refractivity (Wildman–Crippen MR) is 73.2 cm³/mol. The van der Waals surface area contributed by atoms with Crippen molar-refractivity contribution in [1.29, 1.82) is 0 Å². The normalized spacial score (nSPS) is 33.2. The zero-order valence-electron chi connectivity index (χ0n) is 11.6. The molecule has 3 nitrogen and oxygen atoms in total. The number of nitrogens with two attached hydrogens (primary N) is 1. The summed E-state index contributed by atoms with van der Waals surface area (Å²) in [7, 11) is 4.57. The zero-order valence-corrected chi connectivity index (χ0v) is 11.6. The average Bonchev–Trinajstić information content (AvgIpc) is 2.80. The van der Waals surface area contributed by atoms with Crippen molar-refractivity contribution in [2.24, 2.45) is 5.73 Å². The maximum atomic E-state index is 6.16. The van der Waals surface area contributed by atoms with Crippen LogP contribution >= 0.6 is 0 Å². The quantitative estimate of drug-likeness (QED) is 0.813. The van der Waals surface area contributed by atoms with Gasteiger partial charge in [-0.05, 0) is 59.3 Å². The second-order valence-electron chi connectivity index (χ2n) is 6.13. The number of nitrogens with zero attached hydrogens (tertiary/aromatic N) is 2. The van der Waals surface area contributed by atoms with Crippen molar-refractivity contribution in [2.45, 2.75) is 56.5 Å². The van der Waals surface area contributed by atoms with Crippen molar-refractivity contribution in [3.8, 4) is 0 Å². The van der Waals surface area contributed by atoms with Crippen LogP contribution in [0.3, 0.4) is 0 Å². The van der Waals surface area contributed by atoms with E-state index < -0.39 is 0 Å². The molecular formula is C14H29N3. The van der Waals surface area contributed by atoms with Crippen LogP contribution in [0.25, 0.3) is 0 Å². The lowest BCUT2D eigenvalue weighted by Crippen LogP contribution is -2.55. The summed E-state index contributed by atoms with van der Waals surface area (Å²) in [5.74, 6) is 0. The lowest BCUT2D eigenvalue weighted by atomic mass is 9.87. The fraction of sp³-hybridized carbons (Fsp3) is 1.00. The summed E-state index contributed by atoms with van der Waals surface area (Å²) >= 11 is 0. The molecule has 0 amide bonds. The van der Waals surface area contributed by atoms with Gasteiger partial charge >= 0.3 is 0 Å². The summed E-state index contributed by atoms with van der Waals surface area (Å²) < 4.78 is 0. The Labute approximate surface area is 106 Å². The van der Waals surface area contributed by atoms with Crippen molar-refractivity contribution < 1.29 is 0 Å². The van der Waals surface area contributed by atoms with Crippen molar-refractivity contribution in [3.05, 3.63) is 0 Å². The molecule has 0 radical (unpaired) electrons. The maximum Gasteiger partial charge on any atom is 0.0344 e. The molecule has 1 saturated carbocycles. The minimum absolute atomic E-state index is 0.278. The molecule has 1 atom stereocenters. The van der Waals surface area contributed by atoms with Gasteiger partial charge in [-0.1, -0.05) is 12.8 Å². The number of hydrogen-bond donors (Lipinski definition) is 1. The second kappa shape index (κ2) is 5.68. The van der Waals surface area contributed by atoms with E-state index in [-0.39, 0.29) is 5.54 Å². The molecule has 0 aromatic heterocycles. The Balaban J connectivity index is 2.05. The van der Waals surface area contributed by atoms with Gasteiger partial charge in [-0.25, -0.2) is 0 Å². The van der Waals surface area contributed by atoms with E-state index in [9.17, 15) is 0 Å². The first-order valence-electron chi connectivity index (χ1n) is 7.29. The van der Waals surface area contributed by atoms with Crippen LogP contribution in [0.15, 0.2) is 0 Å². The summed E-state index contributed by atoms with van der Waals surface area (Å²) in [4.78, 5) is 5.11. The molecule has 1 aliphatic heterocycles. The van der Waals surface area contributed by atoms with E-state index in [2.05, 4.69) is 23.9 Å². The molecule has 0 aromatic rings. The lowest BCUT2D eigenvalue weighted by molar-refractivity contribution is 0.0653. The third kappa shape index (κ3) is 2.83. The van der Waals surface area contributed by atoms with Crippen molar-refractivity contribution >= 4 is 0 Å². The van der Waals surface area contributed by atoms with E-state index in [1.165, 1.54) is 58.0 Å². The van der Waals surface area contributed by atoms with Crippen LogP contribution < -0.4 is 5.73 Å². The Hall–Kier alpha value is -0.120. The van der Waals surface area contributed by atoms with E-state index in [1.807, 2.05) is 0 Å². The summed E-state index contributed by atoms with van der Waals surface area (Å²) in [6.45, 7) is 3.27. The molecule has 2 rings (SSSR count). The van der Waals surface area contributed by atoms with Gasteiger partial charge in [0.2, 0.25) is 0 Å². The largest absolute Gasteiger partial charge is 0.329 e. The summed E-state index contributed by atoms with van der Waals surface area (Å²) in [5, 5.41) is 0. The first-order valence-corrected chi connectivity index (χ1v) is 7.29. The molecule has 1 aliphatic carbocycles. The van der Waals surface area contributed by atoms with Crippen molar-refractivity contribution in [3.63, 3.8) is 0 Å². The monoisotopic (exact) mass is 239 g/mol. The number of likely N-dealkylation sites (tertiary alicyclic amines) is 1. The third-order valence-corrected chi connectivity index (χ3v) is 5.14. The molecule has 3 heteroatoms. The van der Waals surface area contributed by atoms with Gasteiger partial charge in [0.15, 0.2) is 0 Å². The van der Waals surface area contributed by atoms with Crippen LogP contribution in [-0.4, -0.2) is 55.1 Å². The highest BCUT2D eigenvalue weighted by Crippen LogP contribution is 2.33. The molecule has 1 unspecified atom stereocenters. The average molecular weight is 239 g/mol. The molecule has 1 heterocycles. The highest BCUT2D eigenvalue weighted by Gasteiger charge is 2.38. The second-order valence-corrected chi connectivity index (χ2v) is 6.13. The minimum Gasteiger partial charge on any atom is -0.329 e. The number of likely N-dealkylation sites (N-methyl/N-ethyl adjacent to an activating group) is 1. The molecule has 17 heavy (non-hydrogen) atoms. The molecule has 2 fully saturated rings. The number of hydrogen-bond acceptors (Lipinski definition) is 3. The smallest absolute Gasteiger partial charge is 0.0344 e. The van der Waals surface area contributed by atoms with E-state index in [1.54, 1.807) is 0 Å². The highest BCUT2D eigenvalue weighted by atomic mass is 15.2. The fourth-order valence-corrected chi connectivity index (χ4v) is 3.69. The molecule has 100 valence electrons. The van der Waals surface area contributed by atoms with E-state index in [0.29, 0.717) is 0 Å². The van der Waals surface area contributed by atoms with Crippen LogP contribution in [0.1, 0.15) is 44.9 Å². The maximum absolute atomic E-state index is 6.16. The van der Waals surface area contributed by atoms with Gasteiger partial charge in [-0.2, -0.15) is 0 Å². The SMILES string of the molecule is CN1CCCC(CN)(N(C)C2CCCC2)CC1. The van der Waals surface area contributed by atoms with Gasteiger partial charge in [0, 0.05) is 18.1 Å². The lowest BCUT2D eigenvalue weighted by Gasteiger charge is -2.44. The van der Waals surface area contributed by atoms with Gasteiger partial charge in [0.25, 0.3) is 0 Å². The summed E-state index contributed by atoms with van der Waals surface area (Å²) in [6.07, 6.45) is 9.41. The Morgan fingerprint density at radius 1 is 1.18 bits per heavy atom. The Morgan fingerprint density at radius 3 is 2.53 bits per heavy atom. The Bertz CT molecular complexity index is 238. The molecule has 0 aromatic carbocycles. The van der Waals surface area contributed by atoms with Crippen LogP contribution in [-0.2, 0) is 0 Å². The van der Waals surface area contributed by atoms with Gasteiger partial charge in [0.1, 0.15) is 0 Å². The first kappa shape index (κ1) is 13.3. The van der Waals surface area contributed by atoms with Crippen LogP contribution in [0, 0.1) is 0 Å². The van der Waals surface area contributed by atoms with Crippen LogP contribution in [0.5, 0.6) is 0 Å². The third-order valence-electron chi connectivity index (χ3n) is 5.14. The van der Waals surface area contributed by atoms with E-state index in [0.717, 1.165) is 12.6 Å². The molecule has 1 saturated heterocycles. The summed E-state index contributed by atoms with van der Waals surface area (Å²) in [6, 6.07) is 0.793. The predicted octanol–water partition coefficient (Wildman–Crippen LogP) is 1.67. The molecule has 0 spiro atoms. The minimum atomic E-state index is 0.278. The molecule has 2 aliphatic rings. The van der Waals surface area contributed by atoms with Crippen LogP contribution in [0.2, 0.25) is 0 Å². The standard InChI is InChI=1S/C14H29N3/c1-16-10-5-8-14(12-15,9-11-16)17(2)13-6-3-4-7-13/h13H,3-12,15H2,1-2H3. The fourth-order valence-electron chi connectivity index (χ4n) is 3.69. The van der Waals surface area contributed by atoms with Crippen molar-refractivity contribution in [2.75, 3.05) is 33.7 Å². The van der Waals surface area contributed by atoms with Crippen molar-refractivity contribution in [1.82, 2.24) is 9.80 Å². The zero-order chi connectivity index (χ0) is 12.3. The topological polar surface area (TPSA) is 32.5 Å². The van der Waals surface area contributed by atoms with Gasteiger partial charge in [0.05, 0.1) is 0 Å². The van der Waals surface area contributed by atoms with Gasteiger partial charge < -0.3 is 10.6 Å². The Kier molecular flexibility index (Phi) is 4.45. The molecular weight excluding hydrogens is 210 g/mol. The highest BCUT2D eigenvalue weighted by molar-refractivity contribution is 4.96. The first-order chi connectivity index (χ1) is 8.18. The van der Waals surface area contributed by atoms with Gasteiger partial charge in [-0.3, -0.25) is 4.90 Å². The Morgan fingerprint density at radius 2 is 1.88 bits per heavy atom. The summed E-state index contributed by atoms with van der Waals surface area (Å²) in [5.41, 5.74) is 6.44. The molecule has 2 N–H and O–H groups in total. The molecule has 0 bridgehead atoms. The van der Waals surface area contributed by atoms with Crippen LogP contribution in [0.4, 0.5) is 0 Å². The van der Waals surface area contributed by atoms with Gasteiger partial charge in [-0.15, -0.1) is 0 Å².